The first-order valence-corrected chi connectivity index (χ1v) is 11.7. The number of carbonyl (C=O) groups is 1. The zero-order chi connectivity index (χ0) is 20.8. The van der Waals surface area contributed by atoms with E-state index in [-0.39, 0.29) is 6.03 Å². The molecule has 4 heterocycles. The Bertz CT molecular complexity index is 972. The van der Waals surface area contributed by atoms with Gasteiger partial charge in [-0.3, -0.25) is 4.90 Å². The molecule has 1 saturated heterocycles. The monoisotopic (exact) mass is 440 g/mol. The van der Waals surface area contributed by atoms with Crippen molar-refractivity contribution in [2.75, 3.05) is 31.5 Å². The summed E-state index contributed by atoms with van der Waals surface area (Å²) in [6.45, 7) is 6.09. The number of hydrogen-bond acceptors (Lipinski definition) is 7. The number of carbonyl (C=O) groups excluding carboxylic acids is 1. The van der Waals surface area contributed by atoms with E-state index in [0.717, 1.165) is 47.5 Å². The van der Waals surface area contributed by atoms with E-state index in [1.165, 1.54) is 16.8 Å². The third-order valence-electron chi connectivity index (χ3n) is 4.78. The summed E-state index contributed by atoms with van der Waals surface area (Å²) in [5.74, 6) is 0. The second kappa shape index (κ2) is 10.0. The van der Waals surface area contributed by atoms with Crippen molar-refractivity contribution in [2.45, 2.75) is 29.9 Å². The first kappa shape index (κ1) is 20.8. The number of nitrogens with one attached hydrogen (secondary N) is 1. The number of urea groups is 1. The largest absolute Gasteiger partial charge is 0.322 e. The molecule has 9 heteroatoms. The van der Waals surface area contributed by atoms with Crippen molar-refractivity contribution in [2.24, 2.45) is 0 Å². The topological polar surface area (TPSA) is 74.2 Å². The fourth-order valence-corrected chi connectivity index (χ4v) is 4.69. The molecule has 0 aromatic carbocycles. The molecule has 0 radical (unpaired) electrons. The number of pyridine rings is 2. The summed E-state index contributed by atoms with van der Waals surface area (Å²) in [7, 11) is 0. The molecule has 156 valence electrons. The highest BCUT2D eigenvalue weighted by atomic mass is 32.2. The van der Waals surface area contributed by atoms with Gasteiger partial charge in [0.2, 0.25) is 0 Å². The summed E-state index contributed by atoms with van der Waals surface area (Å²) < 4.78 is 0. The summed E-state index contributed by atoms with van der Waals surface area (Å²) >= 11 is 3.19. The number of aromatic nitrogens is 3. The Morgan fingerprint density at radius 3 is 2.70 bits per heavy atom. The van der Waals surface area contributed by atoms with Crippen molar-refractivity contribution < 1.29 is 4.79 Å². The highest BCUT2D eigenvalue weighted by Gasteiger charge is 2.22. The van der Waals surface area contributed by atoms with Crippen LogP contribution >= 0.6 is 23.1 Å². The number of rotatable bonds is 6. The number of hydrogen-bond donors (Lipinski definition) is 1. The van der Waals surface area contributed by atoms with Gasteiger partial charge in [-0.05, 0) is 30.7 Å². The summed E-state index contributed by atoms with van der Waals surface area (Å²) in [6.07, 6.45) is 4.44. The van der Waals surface area contributed by atoms with Crippen LogP contribution in [0.3, 0.4) is 0 Å². The Balaban J connectivity index is 1.28. The normalized spacial score (nSPS) is 14.6. The Kier molecular flexibility index (Phi) is 6.93. The first-order valence-electron chi connectivity index (χ1n) is 9.96. The molecule has 0 spiro atoms. The minimum atomic E-state index is -0.0726. The van der Waals surface area contributed by atoms with E-state index in [1.54, 1.807) is 23.7 Å². The van der Waals surface area contributed by atoms with Crippen LogP contribution in [0.25, 0.3) is 0 Å². The maximum absolute atomic E-state index is 12.7. The number of piperazine rings is 1. The lowest BCUT2D eigenvalue weighted by molar-refractivity contribution is 0.142. The maximum Gasteiger partial charge on any atom is 0.321 e. The van der Waals surface area contributed by atoms with Crippen LogP contribution in [0, 0.1) is 0 Å². The third kappa shape index (κ3) is 5.56. The van der Waals surface area contributed by atoms with E-state index in [9.17, 15) is 4.79 Å². The molecule has 1 N–H and O–H groups in total. The van der Waals surface area contributed by atoms with Crippen LogP contribution in [-0.4, -0.2) is 57.0 Å². The van der Waals surface area contributed by atoms with Gasteiger partial charge in [0.05, 0.1) is 10.7 Å². The summed E-state index contributed by atoms with van der Waals surface area (Å²) in [4.78, 5) is 30.2. The summed E-state index contributed by atoms with van der Waals surface area (Å²) in [5.41, 5.74) is 1.87. The molecule has 1 aliphatic heterocycles. The highest BCUT2D eigenvalue weighted by Crippen LogP contribution is 2.25. The van der Waals surface area contributed by atoms with E-state index >= 15 is 0 Å². The van der Waals surface area contributed by atoms with Crippen molar-refractivity contribution >= 4 is 34.8 Å². The fraction of sp³-hybridized carbons (Fsp3) is 0.333. The Labute approximate surface area is 184 Å². The van der Waals surface area contributed by atoms with Crippen molar-refractivity contribution in [1.82, 2.24) is 24.8 Å². The molecule has 1 aliphatic rings. The Hall–Kier alpha value is -2.49. The van der Waals surface area contributed by atoms with Gasteiger partial charge < -0.3 is 10.2 Å². The second-order valence-electron chi connectivity index (χ2n) is 6.93. The van der Waals surface area contributed by atoms with Crippen molar-refractivity contribution in [3.8, 4) is 0 Å². The lowest BCUT2D eigenvalue weighted by atomic mass is 10.3. The zero-order valence-corrected chi connectivity index (χ0v) is 18.5. The van der Waals surface area contributed by atoms with Gasteiger partial charge in [0.1, 0.15) is 10.1 Å². The van der Waals surface area contributed by atoms with Crippen LogP contribution in [0.1, 0.15) is 17.6 Å². The second-order valence-corrected chi connectivity index (χ2v) is 8.92. The molecule has 0 saturated carbocycles. The van der Waals surface area contributed by atoms with Gasteiger partial charge in [-0.15, -0.1) is 11.3 Å². The number of nitrogens with zero attached hydrogens (tertiary/aromatic N) is 5. The molecule has 7 nitrogen and oxygen atoms in total. The van der Waals surface area contributed by atoms with E-state index in [1.807, 2.05) is 35.2 Å². The van der Waals surface area contributed by atoms with Gasteiger partial charge in [0.25, 0.3) is 0 Å². The SMILES string of the molecule is CCc1nc(CN2CCN(C(=O)Nc3ccnc(Sc4ccccn4)c3)CC2)cs1. The molecule has 0 unspecified atom stereocenters. The molecule has 30 heavy (non-hydrogen) atoms. The minimum absolute atomic E-state index is 0.0726. The predicted molar refractivity (Wildman–Crippen MR) is 120 cm³/mol. The van der Waals surface area contributed by atoms with Gasteiger partial charge in [-0.2, -0.15) is 0 Å². The number of amides is 2. The molecule has 2 amide bonds. The minimum Gasteiger partial charge on any atom is -0.322 e. The lowest BCUT2D eigenvalue weighted by Gasteiger charge is -2.34. The number of thiazole rings is 1. The van der Waals surface area contributed by atoms with Crippen molar-refractivity contribution in [1.29, 1.82) is 0 Å². The van der Waals surface area contributed by atoms with Gasteiger partial charge in [0.15, 0.2) is 0 Å². The molecule has 1 fully saturated rings. The Morgan fingerprint density at radius 2 is 1.97 bits per heavy atom. The van der Waals surface area contributed by atoms with Gasteiger partial charge in [0, 0.05) is 56.2 Å². The standard InChI is InChI=1S/C21H24N6OS2/c1-2-18-24-17(15-29-18)14-26-9-11-27(12-10-26)21(28)25-16-6-8-23-20(13-16)30-19-5-3-4-7-22-19/h3-8,13,15H,2,9-12,14H2,1H3,(H,23,25,28). The molecule has 3 aromatic heterocycles. The average Bonchev–Trinajstić information content (AvgIpc) is 3.23. The molecule has 0 aliphatic carbocycles. The fourth-order valence-electron chi connectivity index (χ4n) is 3.18. The van der Waals surface area contributed by atoms with E-state index < -0.39 is 0 Å². The van der Waals surface area contributed by atoms with Crippen LogP contribution < -0.4 is 5.32 Å². The number of aryl methyl sites for hydroxylation is 1. The van der Waals surface area contributed by atoms with Crippen LogP contribution in [0.5, 0.6) is 0 Å². The quantitative estimate of drug-likeness (QED) is 0.625. The molecule has 3 aromatic rings. The van der Waals surface area contributed by atoms with Crippen molar-refractivity contribution in [3.63, 3.8) is 0 Å². The summed E-state index contributed by atoms with van der Waals surface area (Å²) in [5, 5.41) is 7.99. The van der Waals surface area contributed by atoms with E-state index in [2.05, 4.69) is 37.5 Å². The van der Waals surface area contributed by atoms with Crippen molar-refractivity contribution in [3.05, 3.63) is 58.8 Å². The van der Waals surface area contributed by atoms with Gasteiger partial charge >= 0.3 is 6.03 Å². The average molecular weight is 441 g/mol. The highest BCUT2D eigenvalue weighted by molar-refractivity contribution is 7.99. The molecule has 0 bridgehead atoms. The van der Waals surface area contributed by atoms with Crippen LogP contribution in [0.15, 0.2) is 58.2 Å². The molecular formula is C21H24N6OS2. The smallest absolute Gasteiger partial charge is 0.321 e. The van der Waals surface area contributed by atoms with Crippen LogP contribution in [-0.2, 0) is 13.0 Å². The first-order chi connectivity index (χ1) is 14.7. The van der Waals surface area contributed by atoms with Crippen LogP contribution in [0.2, 0.25) is 0 Å². The third-order valence-corrected chi connectivity index (χ3v) is 6.70. The van der Waals surface area contributed by atoms with Gasteiger partial charge in [-0.1, -0.05) is 24.8 Å². The molecule has 0 atom stereocenters. The van der Waals surface area contributed by atoms with Gasteiger partial charge in [-0.25, -0.2) is 19.7 Å². The van der Waals surface area contributed by atoms with E-state index in [4.69, 9.17) is 0 Å². The predicted octanol–water partition coefficient (Wildman–Crippen LogP) is 4.00. The number of anilines is 1. The maximum atomic E-state index is 12.7. The zero-order valence-electron chi connectivity index (χ0n) is 16.8. The lowest BCUT2D eigenvalue weighted by Crippen LogP contribution is -2.49. The Morgan fingerprint density at radius 1 is 1.13 bits per heavy atom. The van der Waals surface area contributed by atoms with E-state index in [0.29, 0.717) is 13.1 Å². The molecular weight excluding hydrogens is 416 g/mol. The summed E-state index contributed by atoms with van der Waals surface area (Å²) in [6, 6.07) is 9.37. The van der Waals surface area contributed by atoms with Crippen LogP contribution in [0.4, 0.5) is 10.5 Å². The molecule has 4 rings (SSSR count).